The highest BCUT2D eigenvalue weighted by Gasteiger charge is 2.28. The van der Waals surface area contributed by atoms with Crippen LogP contribution in [-0.2, 0) is 4.79 Å². The second kappa shape index (κ2) is 8.54. The Balaban J connectivity index is 2.60. The Bertz CT molecular complexity index is 267. The number of nitrogens with zero attached hydrogens (tertiary/aromatic N) is 1. The van der Waals surface area contributed by atoms with Gasteiger partial charge in [-0.2, -0.15) is 0 Å². The van der Waals surface area contributed by atoms with E-state index in [0.29, 0.717) is 18.9 Å². The summed E-state index contributed by atoms with van der Waals surface area (Å²) in [6.07, 6.45) is 6.94. The Morgan fingerprint density at radius 3 is 2.47 bits per heavy atom. The van der Waals surface area contributed by atoms with Gasteiger partial charge in [-0.3, -0.25) is 4.79 Å². The van der Waals surface area contributed by atoms with E-state index in [4.69, 9.17) is 10.8 Å². The minimum Gasteiger partial charge on any atom is -0.395 e. The molecule has 0 aliphatic heterocycles. The smallest absolute Gasteiger partial charge is 0.223 e. The van der Waals surface area contributed by atoms with Gasteiger partial charge in [0.05, 0.1) is 6.61 Å². The molecule has 0 saturated heterocycles. The van der Waals surface area contributed by atoms with Gasteiger partial charge in [0, 0.05) is 25.0 Å². The lowest BCUT2D eigenvalue weighted by Crippen LogP contribution is -2.44. The molecule has 1 saturated carbocycles. The predicted octanol–water partition coefficient (Wildman–Crippen LogP) is 1.90. The zero-order valence-electron chi connectivity index (χ0n) is 12.5. The Kier molecular flexibility index (Phi) is 7.39. The minimum atomic E-state index is 0.0406. The molecule has 3 N–H and O–H groups in total. The summed E-state index contributed by atoms with van der Waals surface area (Å²) in [5.74, 6) is 0.502. The summed E-state index contributed by atoms with van der Waals surface area (Å²) in [6, 6.07) is 0.426. The molecule has 1 fully saturated rings. The van der Waals surface area contributed by atoms with Gasteiger partial charge in [0.1, 0.15) is 0 Å². The number of hydrogen-bond donors (Lipinski definition) is 2. The zero-order chi connectivity index (χ0) is 14.3. The average molecular weight is 270 g/mol. The van der Waals surface area contributed by atoms with Crippen LogP contribution in [0.25, 0.3) is 0 Å². The Hall–Kier alpha value is -0.610. The molecule has 1 amide bonds. The van der Waals surface area contributed by atoms with Crippen molar-refractivity contribution >= 4 is 5.91 Å². The number of rotatable bonds is 7. The van der Waals surface area contributed by atoms with E-state index in [9.17, 15) is 4.79 Å². The first-order chi connectivity index (χ1) is 9.13. The van der Waals surface area contributed by atoms with Crippen LogP contribution in [0.4, 0.5) is 0 Å². The third kappa shape index (κ3) is 4.77. The second-order valence-corrected chi connectivity index (χ2v) is 5.69. The second-order valence-electron chi connectivity index (χ2n) is 5.69. The van der Waals surface area contributed by atoms with E-state index in [1.807, 2.05) is 4.90 Å². The Morgan fingerprint density at radius 2 is 1.95 bits per heavy atom. The summed E-state index contributed by atoms with van der Waals surface area (Å²) < 4.78 is 0. The predicted molar refractivity (Wildman–Crippen MR) is 77.7 cm³/mol. The maximum absolute atomic E-state index is 12.5. The third-order valence-corrected chi connectivity index (χ3v) is 4.45. The summed E-state index contributed by atoms with van der Waals surface area (Å²) in [5.41, 5.74) is 6.12. The fourth-order valence-electron chi connectivity index (χ4n) is 3.18. The molecule has 19 heavy (non-hydrogen) atoms. The van der Waals surface area contributed by atoms with Gasteiger partial charge < -0.3 is 15.7 Å². The van der Waals surface area contributed by atoms with Crippen molar-refractivity contribution in [1.29, 1.82) is 0 Å². The largest absolute Gasteiger partial charge is 0.395 e. The Labute approximate surface area is 117 Å². The van der Waals surface area contributed by atoms with E-state index in [2.05, 4.69) is 13.8 Å². The van der Waals surface area contributed by atoms with E-state index in [1.165, 1.54) is 12.8 Å². The molecular formula is C15H30N2O2. The molecule has 0 radical (unpaired) electrons. The van der Waals surface area contributed by atoms with Crippen molar-refractivity contribution in [2.24, 2.45) is 11.7 Å². The highest BCUT2D eigenvalue weighted by Crippen LogP contribution is 2.26. The molecule has 1 aliphatic rings. The number of hydrogen-bond acceptors (Lipinski definition) is 3. The molecule has 0 spiro atoms. The van der Waals surface area contributed by atoms with Crippen LogP contribution >= 0.6 is 0 Å². The van der Waals surface area contributed by atoms with Crippen molar-refractivity contribution < 1.29 is 9.90 Å². The van der Waals surface area contributed by atoms with Crippen molar-refractivity contribution in [3.05, 3.63) is 0 Å². The van der Waals surface area contributed by atoms with Gasteiger partial charge >= 0.3 is 0 Å². The maximum atomic E-state index is 12.5. The van der Waals surface area contributed by atoms with E-state index in [1.54, 1.807) is 0 Å². The van der Waals surface area contributed by atoms with Crippen molar-refractivity contribution in [2.75, 3.05) is 13.2 Å². The molecule has 0 bridgehead atoms. The molecule has 0 aromatic heterocycles. The van der Waals surface area contributed by atoms with Crippen molar-refractivity contribution in [3.63, 3.8) is 0 Å². The molecule has 0 aromatic carbocycles. The van der Waals surface area contributed by atoms with Gasteiger partial charge in [-0.1, -0.05) is 26.7 Å². The summed E-state index contributed by atoms with van der Waals surface area (Å²) >= 11 is 0. The van der Waals surface area contributed by atoms with Crippen LogP contribution in [0.15, 0.2) is 0 Å². The molecule has 1 rings (SSSR count). The van der Waals surface area contributed by atoms with E-state index in [0.717, 1.165) is 25.7 Å². The van der Waals surface area contributed by atoms with E-state index >= 15 is 0 Å². The first-order valence-corrected chi connectivity index (χ1v) is 7.79. The van der Waals surface area contributed by atoms with Gasteiger partial charge in [-0.25, -0.2) is 0 Å². The molecule has 2 atom stereocenters. The molecule has 1 aliphatic carbocycles. The van der Waals surface area contributed by atoms with Crippen molar-refractivity contribution in [2.45, 2.75) is 70.9 Å². The van der Waals surface area contributed by atoms with Gasteiger partial charge in [-0.15, -0.1) is 0 Å². The fraction of sp³-hybridized carbons (Fsp3) is 0.933. The fourth-order valence-corrected chi connectivity index (χ4v) is 3.18. The molecule has 0 heterocycles. The maximum Gasteiger partial charge on any atom is 0.223 e. The number of aliphatic hydroxyl groups is 1. The highest BCUT2D eigenvalue weighted by atomic mass is 16.3. The van der Waals surface area contributed by atoms with Gasteiger partial charge in [0.25, 0.3) is 0 Å². The minimum absolute atomic E-state index is 0.0406. The quantitative estimate of drug-likeness (QED) is 0.742. The molecular weight excluding hydrogens is 240 g/mol. The summed E-state index contributed by atoms with van der Waals surface area (Å²) in [7, 11) is 0. The number of amides is 1. The zero-order valence-corrected chi connectivity index (χ0v) is 12.5. The number of carbonyl (C=O) groups is 1. The molecule has 112 valence electrons. The van der Waals surface area contributed by atoms with Crippen LogP contribution in [0.3, 0.4) is 0 Å². The van der Waals surface area contributed by atoms with Crippen molar-refractivity contribution in [1.82, 2.24) is 4.90 Å². The standard InChI is InChI=1S/C15H30N2O2/c1-3-13(4-2)17(9-10-18)15(19)11-12-7-5-6-8-14(12)16/h12-14,18H,3-11,16H2,1-2H3. The third-order valence-electron chi connectivity index (χ3n) is 4.45. The lowest BCUT2D eigenvalue weighted by molar-refractivity contribution is -0.135. The van der Waals surface area contributed by atoms with Crippen LogP contribution < -0.4 is 5.73 Å². The molecule has 4 nitrogen and oxygen atoms in total. The first-order valence-electron chi connectivity index (χ1n) is 7.79. The summed E-state index contributed by atoms with van der Waals surface area (Å²) in [5, 5.41) is 9.16. The SMILES string of the molecule is CCC(CC)N(CCO)C(=O)CC1CCCCC1N. The normalized spacial score (nSPS) is 23.6. The summed E-state index contributed by atoms with van der Waals surface area (Å²) in [6.45, 7) is 4.68. The van der Waals surface area contributed by atoms with Gasteiger partial charge in [0.2, 0.25) is 5.91 Å². The van der Waals surface area contributed by atoms with Crippen LogP contribution in [0.5, 0.6) is 0 Å². The van der Waals surface area contributed by atoms with Gasteiger partial charge in [0.15, 0.2) is 0 Å². The van der Waals surface area contributed by atoms with E-state index in [-0.39, 0.29) is 24.6 Å². The van der Waals surface area contributed by atoms with Crippen LogP contribution in [-0.4, -0.2) is 41.1 Å². The number of carbonyl (C=O) groups excluding carboxylic acids is 1. The van der Waals surface area contributed by atoms with Crippen molar-refractivity contribution in [3.8, 4) is 0 Å². The molecule has 4 heteroatoms. The van der Waals surface area contributed by atoms with E-state index < -0.39 is 0 Å². The van der Waals surface area contributed by atoms with Gasteiger partial charge in [-0.05, 0) is 31.6 Å². The highest BCUT2D eigenvalue weighted by molar-refractivity contribution is 5.77. The van der Waals surface area contributed by atoms with Crippen LogP contribution in [0.2, 0.25) is 0 Å². The molecule has 0 aromatic rings. The average Bonchev–Trinajstić information content (AvgIpc) is 2.41. The lowest BCUT2D eigenvalue weighted by atomic mass is 9.82. The lowest BCUT2D eigenvalue weighted by Gasteiger charge is -2.34. The summed E-state index contributed by atoms with van der Waals surface area (Å²) in [4.78, 5) is 14.3. The number of nitrogens with two attached hydrogens (primary N) is 1. The number of aliphatic hydroxyl groups excluding tert-OH is 1. The Morgan fingerprint density at radius 1 is 1.32 bits per heavy atom. The van der Waals surface area contributed by atoms with Crippen LogP contribution in [0, 0.1) is 5.92 Å². The first kappa shape index (κ1) is 16.4. The van der Waals surface area contributed by atoms with Crippen LogP contribution in [0.1, 0.15) is 58.8 Å². The topological polar surface area (TPSA) is 66.6 Å². The monoisotopic (exact) mass is 270 g/mol. The molecule has 2 unspecified atom stereocenters.